The van der Waals surface area contributed by atoms with E-state index in [-0.39, 0.29) is 5.91 Å². The Morgan fingerprint density at radius 2 is 1.86 bits per heavy atom. The number of hydrogen-bond acceptors (Lipinski definition) is 6. The van der Waals surface area contributed by atoms with Crippen LogP contribution in [-0.4, -0.2) is 67.1 Å². The van der Waals surface area contributed by atoms with Crippen molar-refractivity contribution in [1.82, 2.24) is 24.4 Å². The van der Waals surface area contributed by atoms with Crippen molar-refractivity contribution in [3.05, 3.63) is 66.2 Å². The maximum Gasteiger partial charge on any atom is 0.254 e. The molecule has 1 aromatic carbocycles. The topological polar surface area (TPSA) is 90.2 Å². The zero-order valence-corrected chi connectivity index (χ0v) is 20.2. The van der Waals surface area contributed by atoms with E-state index in [0.29, 0.717) is 42.7 Å². The SMILES string of the molecule is CC#Cc1ccnc(-c2cnc(-n3cc(S(C)=O)c4ccc(C(=O)N5CCOCC5)cc43)nc2)c1. The van der Waals surface area contributed by atoms with Crippen LogP contribution in [0.1, 0.15) is 22.8 Å². The number of morpholine rings is 1. The van der Waals surface area contributed by atoms with Crippen LogP contribution in [0.3, 0.4) is 0 Å². The first-order valence-electron chi connectivity index (χ1n) is 11.1. The first-order chi connectivity index (χ1) is 17.0. The molecule has 1 aliphatic rings. The molecule has 0 aliphatic carbocycles. The third-order valence-corrected chi connectivity index (χ3v) is 6.75. The van der Waals surface area contributed by atoms with Crippen molar-refractivity contribution in [3.63, 3.8) is 0 Å². The fraction of sp³-hybridized carbons (Fsp3) is 0.231. The van der Waals surface area contributed by atoms with Gasteiger partial charge in [-0.2, -0.15) is 0 Å². The number of pyridine rings is 1. The Bertz CT molecular complexity index is 1500. The van der Waals surface area contributed by atoms with Gasteiger partial charge < -0.3 is 9.64 Å². The Hall–Kier alpha value is -3.87. The van der Waals surface area contributed by atoms with E-state index in [0.717, 1.165) is 27.7 Å². The fourth-order valence-corrected chi connectivity index (χ4v) is 4.80. The molecule has 1 saturated heterocycles. The molecule has 176 valence electrons. The summed E-state index contributed by atoms with van der Waals surface area (Å²) in [7, 11) is -1.23. The molecule has 8 nitrogen and oxygen atoms in total. The molecule has 4 heterocycles. The van der Waals surface area contributed by atoms with Gasteiger partial charge in [0.15, 0.2) is 0 Å². The minimum absolute atomic E-state index is 0.0560. The second-order valence-electron chi connectivity index (χ2n) is 8.03. The number of carbonyl (C=O) groups is 1. The van der Waals surface area contributed by atoms with Crippen molar-refractivity contribution in [2.75, 3.05) is 32.6 Å². The highest BCUT2D eigenvalue weighted by atomic mass is 32.2. The van der Waals surface area contributed by atoms with Crippen LogP contribution in [0.15, 0.2) is 60.0 Å². The second-order valence-corrected chi connectivity index (χ2v) is 9.38. The highest BCUT2D eigenvalue weighted by molar-refractivity contribution is 7.84. The van der Waals surface area contributed by atoms with Crippen molar-refractivity contribution in [2.24, 2.45) is 0 Å². The predicted octanol–water partition coefficient (Wildman–Crippen LogP) is 3.06. The number of benzene rings is 1. The number of amides is 1. The Kier molecular flexibility index (Phi) is 6.40. The number of carbonyl (C=O) groups excluding carboxylic acids is 1. The number of rotatable bonds is 4. The van der Waals surface area contributed by atoms with Crippen molar-refractivity contribution in [1.29, 1.82) is 0 Å². The molecule has 5 rings (SSSR count). The van der Waals surface area contributed by atoms with E-state index >= 15 is 0 Å². The number of aromatic nitrogens is 4. The molecular weight excluding hydrogens is 462 g/mol. The lowest BCUT2D eigenvalue weighted by molar-refractivity contribution is 0.0303. The monoisotopic (exact) mass is 485 g/mol. The third kappa shape index (κ3) is 4.58. The lowest BCUT2D eigenvalue weighted by atomic mass is 10.1. The van der Waals surface area contributed by atoms with Gasteiger partial charge in [-0.3, -0.25) is 18.6 Å². The number of fused-ring (bicyclic) bond motifs is 1. The average molecular weight is 486 g/mol. The molecule has 9 heteroatoms. The molecule has 3 aromatic heterocycles. The molecule has 1 fully saturated rings. The molecule has 4 aromatic rings. The highest BCUT2D eigenvalue weighted by Crippen LogP contribution is 2.28. The van der Waals surface area contributed by atoms with E-state index in [1.807, 2.05) is 24.3 Å². The minimum Gasteiger partial charge on any atom is -0.378 e. The van der Waals surface area contributed by atoms with E-state index in [4.69, 9.17) is 4.74 Å². The van der Waals surface area contributed by atoms with Crippen molar-refractivity contribution >= 4 is 27.6 Å². The van der Waals surface area contributed by atoms with Crippen LogP contribution in [0, 0.1) is 11.8 Å². The maximum absolute atomic E-state index is 13.1. The van der Waals surface area contributed by atoms with Crippen molar-refractivity contribution < 1.29 is 13.7 Å². The highest BCUT2D eigenvalue weighted by Gasteiger charge is 2.21. The molecule has 0 spiro atoms. The summed E-state index contributed by atoms with van der Waals surface area (Å²) in [5, 5.41) is 0.796. The summed E-state index contributed by atoms with van der Waals surface area (Å²) in [5.74, 6) is 6.27. The first-order valence-corrected chi connectivity index (χ1v) is 12.7. The maximum atomic E-state index is 13.1. The van der Waals surface area contributed by atoms with Gasteiger partial charge in [0.05, 0.1) is 40.1 Å². The summed E-state index contributed by atoms with van der Waals surface area (Å²) in [6.45, 7) is 3.98. The molecule has 0 radical (unpaired) electrons. The molecule has 35 heavy (non-hydrogen) atoms. The smallest absolute Gasteiger partial charge is 0.254 e. The summed E-state index contributed by atoms with van der Waals surface area (Å²) in [4.78, 5) is 29.0. The molecule has 0 saturated carbocycles. The fourth-order valence-electron chi connectivity index (χ4n) is 4.06. The van der Waals surface area contributed by atoms with Gasteiger partial charge in [0, 0.05) is 66.2 Å². The van der Waals surface area contributed by atoms with Crippen molar-refractivity contribution in [3.8, 4) is 29.0 Å². The van der Waals surface area contributed by atoms with Crippen LogP contribution in [0.25, 0.3) is 28.1 Å². The second kappa shape index (κ2) is 9.78. The summed E-state index contributed by atoms with van der Waals surface area (Å²) in [5.41, 5.74) is 3.63. The standard InChI is InChI=1S/C26H23N5O3S/c1-3-4-18-7-8-27-22(13-18)20-15-28-26(29-16-20)31-17-24(35(2)33)21-6-5-19(14-23(21)31)25(32)30-9-11-34-12-10-30/h5-8,13-17H,9-12H2,1-2H3. The average Bonchev–Trinajstić information content (AvgIpc) is 3.28. The first kappa shape index (κ1) is 22.9. The molecule has 0 N–H and O–H groups in total. The summed E-state index contributed by atoms with van der Waals surface area (Å²) < 4.78 is 19.6. The lowest BCUT2D eigenvalue weighted by Crippen LogP contribution is -2.40. The Morgan fingerprint density at radius 1 is 1.09 bits per heavy atom. The van der Waals surface area contributed by atoms with Gasteiger partial charge in [0.1, 0.15) is 0 Å². The zero-order valence-electron chi connectivity index (χ0n) is 19.4. The largest absolute Gasteiger partial charge is 0.378 e. The third-order valence-electron chi connectivity index (χ3n) is 5.80. The van der Waals surface area contributed by atoms with Gasteiger partial charge >= 0.3 is 0 Å². The number of hydrogen-bond donors (Lipinski definition) is 0. The number of ether oxygens (including phenoxy) is 1. The van der Waals surface area contributed by atoms with Crippen molar-refractivity contribution in [2.45, 2.75) is 11.8 Å². The molecule has 1 unspecified atom stereocenters. The molecule has 1 atom stereocenters. The molecule has 0 bridgehead atoms. The quantitative estimate of drug-likeness (QED) is 0.413. The molecule has 1 amide bonds. The Morgan fingerprint density at radius 3 is 2.57 bits per heavy atom. The van der Waals surface area contributed by atoms with Crippen LogP contribution >= 0.6 is 0 Å². The van der Waals surface area contributed by atoms with Gasteiger partial charge in [-0.15, -0.1) is 5.92 Å². The Labute approximate surface area is 205 Å². The van der Waals surface area contributed by atoms with Gasteiger partial charge in [0.2, 0.25) is 5.95 Å². The number of nitrogens with zero attached hydrogens (tertiary/aromatic N) is 5. The van der Waals surface area contributed by atoms with Gasteiger partial charge in [-0.1, -0.05) is 12.0 Å². The summed E-state index contributed by atoms with van der Waals surface area (Å²) in [6, 6.07) is 9.18. The van der Waals surface area contributed by atoms with E-state index in [1.54, 1.807) is 53.5 Å². The van der Waals surface area contributed by atoms with Crippen LogP contribution in [0.4, 0.5) is 0 Å². The summed E-state index contributed by atoms with van der Waals surface area (Å²) >= 11 is 0. The van der Waals surface area contributed by atoms with Crippen LogP contribution < -0.4 is 0 Å². The van der Waals surface area contributed by atoms with Gasteiger partial charge in [-0.25, -0.2) is 9.97 Å². The van der Waals surface area contributed by atoms with Gasteiger partial charge in [-0.05, 0) is 31.2 Å². The molecule has 1 aliphatic heterocycles. The predicted molar refractivity (Wildman–Crippen MR) is 134 cm³/mol. The van der Waals surface area contributed by atoms with E-state index < -0.39 is 10.8 Å². The van der Waals surface area contributed by atoms with Gasteiger partial charge in [0.25, 0.3) is 5.91 Å². The Balaban J connectivity index is 1.54. The van der Waals surface area contributed by atoms with E-state index in [9.17, 15) is 9.00 Å². The zero-order chi connectivity index (χ0) is 24.4. The van der Waals surface area contributed by atoms with E-state index in [1.165, 1.54) is 0 Å². The summed E-state index contributed by atoms with van der Waals surface area (Å²) in [6.07, 6.45) is 8.51. The molecular formula is C26H23N5O3S. The van der Waals surface area contributed by atoms with Crippen LogP contribution in [-0.2, 0) is 15.5 Å². The normalized spacial score (nSPS) is 14.4. The minimum atomic E-state index is -1.23. The lowest BCUT2D eigenvalue weighted by Gasteiger charge is -2.26. The van der Waals surface area contributed by atoms with Crippen LogP contribution in [0.2, 0.25) is 0 Å². The van der Waals surface area contributed by atoms with E-state index in [2.05, 4.69) is 26.8 Å². The van der Waals surface area contributed by atoms with Crippen LogP contribution in [0.5, 0.6) is 0 Å².